The molecule has 0 spiro atoms. The second-order valence-electron chi connectivity index (χ2n) is 10.8. The van der Waals surface area contributed by atoms with Gasteiger partial charge in [0.15, 0.2) is 6.61 Å². The molecule has 1 fully saturated rings. The SMILES string of the molecule is CCCC[C@@H](C(=O)OCC(=O)Nc1ccc(Br)c(Cl)c1)N1C(=O)[C@@H]2C3c4ccccc4C(c4ccccc43)[C@@H]2C1=O. The van der Waals surface area contributed by atoms with Crippen LogP contribution in [0.3, 0.4) is 0 Å². The van der Waals surface area contributed by atoms with Gasteiger partial charge in [-0.3, -0.25) is 19.3 Å². The number of likely N-dealkylation sites (tertiary alicyclic amines) is 1. The van der Waals surface area contributed by atoms with Gasteiger partial charge >= 0.3 is 5.97 Å². The van der Waals surface area contributed by atoms with Crippen LogP contribution in [0.5, 0.6) is 0 Å². The summed E-state index contributed by atoms with van der Waals surface area (Å²) >= 11 is 9.40. The Morgan fingerprint density at radius 3 is 1.95 bits per heavy atom. The molecule has 1 N–H and O–H groups in total. The van der Waals surface area contributed by atoms with E-state index in [-0.39, 0.29) is 30.1 Å². The molecule has 41 heavy (non-hydrogen) atoms. The average Bonchev–Trinajstić information content (AvgIpc) is 3.24. The molecule has 1 heterocycles. The first-order chi connectivity index (χ1) is 19.8. The number of hydrogen-bond acceptors (Lipinski definition) is 5. The molecule has 0 aromatic heterocycles. The van der Waals surface area contributed by atoms with E-state index in [1.54, 1.807) is 18.2 Å². The quantitative estimate of drug-likeness (QED) is 0.241. The minimum Gasteiger partial charge on any atom is -0.454 e. The molecule has 7 rings (SSSR count). The fraction of sp³-hybridized carbons (Fsp3) is 0.312. The number of unbranched alkanes of at least 4 members (excludes halogenated alkanes) is 1. The minimum absolute atomic E-state index is 0.259. The zero-order chi connectivity index (χ0) is 28.8. The lowest BCUT2D eigenvalue weighted by molar-refractivity contribution is -0.160. The van der Waals surface area contributed by atoms with Gasteiger partial charge in [-0.2, -0.15) is 0 Å². The lowest BCUT2D eigenvalue weighted by atomic mass is 9.55. The van der Waals surface area contributed by atoms with E-state index in [4.69, 9.17) is 16.3 Å². The smallest absolute Gasteiger partial charge is 0.329 e. The molecule has 0 radical (unpaired) electrons. The van der Waals surface area contributed by atoms with Gasteiger partial charge in [-0.05, 0) is 62.8 Å². The Balaban J connectivity index is 1.25. The maximum Gasteiger partial charge on any atom is 0.329 e. The largest absolute Gasteiger partial charge is 0.454 e. The van der Waals surface area contributed by atoms with Crippen molar-refractivity contribution in [3.8, 4) is 0 Å². The van der Waals surface area contributed by atoms with Crippen molar-refractivity contribution < 1.29 is 23.9 Å². The number of esters is 1. The van der Waals surface area contributed by atoms with E-state index >= 15 is 0 Å². The van der Waals surface area contributed by atoms with Crippen LogP contribution in [0.4, 0.5) is 5.69 Å². The molecule has 1 saturated heterocycles. The highest BCUT2D eigenvalue weighted by atomic mass is 79.9. The Hall–Kier alpha value is -3.49. The van der Waals surface area contributed by atoms with Gasteiger partial charge < -0.3 is 10.1 Å². The first kappa shape index (κ1) is 27.7. The Morgan fingerprint density at radius 1 is 0.927 bits per heavy atom. The van der Waals surface area contributed by atoms with Gasteiger partial charge in [0.25, 0.3) is 5.91 Å². The Morgan fingerprint density at radius 2 is 1.46 bits per heavy atom. The fourth-order valence-electron chi connectivity index (χ4n) is 6.76. The average molecular weight is 636 g/mol. The summed E-state index contributed by atoms with van der Waals surface area (Å²) in [6.45, 7) is 1.42. The van der Waals surface area contributed by atoms with Crippen LogP contribution in [0.2, 0.25) is 5.02 Å². The number of ether oxygens (including phenoxy) is 1. The van der Waals surface area contributed by atoms with E-state index in [1.807, 2.05) is 55.5 Å². The van der Waals surface area contributed by atoms with E-state index in [2.05, 4.69) is 21.2 Å². The van der Waals surface area contributed by atoms with Crippen molar-refractivity contribution in [3.05, 3.63) is 98.5 Å². The highest BCUT2D eigenvalue weighted by molar-refractivity contribution is 9.10. The molecule has 210 valence electrons. The predicted octanol–water partition coefficient (Wildman–Crippen LogP) is 6.04. The minimum atomic E-state index is -1.10. The van der Waals surface area contributed by atoms with E-state index in [9.17, 15) is 19.2 Å². The van der Waals surface area contributed by atoms with E-state index < -0.39 is 36.4 Å². The first-order valence-electron chi connectivity index (χ1n) is 13.8. The molecule has 0 saturated carbocycles. The summed E-state index contributed by atoms with van der Waals surface area (Å²) in [5.74, 6) is -3.68. The third-order valence-electron chi connectivity index (χ3n) is 8.45. The van der Waals surface area contributed by atoms with Crippen LogP contribution in [0, 0.1) is 11.8 Å². The molecule has 9 heteroatoms. The summed E-state index contributed by atoms with van der Waals surface area (Å²) < 4.78 is 6.09. The third-order valence-corrected chi connectivity index (χ3v) is 9.68. The van der Waals surface area contributed by atoms with E-state index in [0.717, 1.165) is 33.6 Å². The van der Waals surface area contributed by atoms with Crippen molar-refractivity contribution in [2.75, 3.05) is 11.9 Å². The predicted molar refractivity (Wildman–Crippen MR) is 157 cm³/mol. The topological polar surface area (TPSA) is 92.8 Å². The van der Waals surface area contributed by atoms with Crippen molar-refractivity contribution in [2.24, 2.45) is 11.8 Å². The highest BCUT2D eigenvalue weighted by Crippen LogP contribution is 2.61. The molecule has 0 unspecified atom stereocenters. The molecule has 3 aromatic rings. The van der Waals surface area contributed by atoms with Crippen LogP contribution >= 0.6 is 27.5 Å². The zero-order valence-corrected chi connectivity index (χ0v) is 24.7. The van der Waals surface area contributed by atoms with Crippen molar-refractivity contribution in [1.29, 1.82) is 0 Å². The maximum absolute atomic E-state index is 14.1. The standard InChI is InChI=1S/C32H28BrClN2O5/c1-2-3-12-24(32(40)41-16-25(37)35-17-13-14-22(33)23(34)15-17)36-30(38)28-26-18-8-4-5-9-19(18)27(29(28)31(36)39)21-11-7-6-10-20(21)26/h4-11,13-15,24,26-29H,2-3,12,16H2,1H3,(H,35,37)/t24-,26?,27?,28-,29+/m0/s1. The summed E-state index contributed by atoms with van der Waals surface area (Å²) in [5, 5.41) is 3.07. The normalized spacial score (nSPS) is 22.6. The molecular weight excluding hydrogens is 608 g/mol. The molecule has 3 atom stereocenters. The van der Waals surface area contributed by atoms with Gasteiger partial charge in [0.2, 0.25) is 11.8 Å². The second-order valence-corrected chi connectivity index (χ2v) is 12.0. The van der Waals surface area contributed by atoms with Crippen molar-refractivity contribution >= 4 is 56.9 Å². The second kappa shape index (κ2) is 11.1. The molecule has 1 aliphatic heterocycles. The molecule has 2 bridgehead atoms. The van der Waals surface area contributed by atoms with Crippen LogP contribution < -0.4 is 5.32 Å². The number of anilines is 1. The number of hydrogen-bond donors (Lipinski definition) is 1. The number of rotatable bonds is 8. The van der Waals surface area contributed by atoms with Crippen LogP contribution in [-0.2, 0) is 23.9 Å². The summed E-state index contributed by atoms with van der Waals surface area (Å²) in [4.78, 5) is 55.4. The Labute approximate surface area is 251 Å². The lowest BCUT2D eigenvalue weighted by Gasteiger charge is -2.45. The summed E-state index contributed by atoms with van der Waals surface area (Å²) in [7, 11) is 0. The molecular formula is C32H28BrClN2O5. The molecule has 4 aliphatic rings. The van der Waals surface area contributed by atoms with Gasteiger partial charge in [0.05, 0.1) is 16.9 Å². The molecule has 3 amide bonds. The van der Waals surface area contributed by atoms with Gasteiger partial charge in [0.1, 0.15) is 6.04 Å². The Kier molecular flexibility index (Phi) is 7.47. The number of imide groups is 1. The molecule has 3 aliphatic carbocycles. The van der Waals surface area contributed by atoms with Gasteiger partial charge in [-0.15, -0.1) is 0 Å². The van der Waals surface area contributed by atoms with Gasteiger partial charge in [-0.25, -0.2) is 4.79 Å². The molecule has 7 nitrogen and oxygen atoms in total. The summed E-state index contributed by atoms with van der Waals surface area (Å²) in [5.41, 5.74) is 4.72. The van der Waals surface area contributed by atoms with Gasteiger partial charge in [-0.1, -0.05) is 79.9 Å². The molecule has 3 aromatic carbocycles. The summed E-state index contributed by atoms with van der Waals surface area (Å²) in [6.07, 6.45) is 1.65. The van der Waals surface area contributed by atoms with E-state index in [1.165, 1.54) is 0 Å². The third kappa shape index (κ3) is 4.67. The Bertz CT molecular complexity index is 1460. The van der Waals surface area contributed by atoms with Gasteiger partial charge in [0, 0.05) is 22.0 Å². The van der Waals surface area contributed by atoms with Crippen LogP contribution in [0.1, 0.15) is 60.3 Å². The lowest BCUT2D eigenvalue weighted by Crippen LogP contribution is -2.47. The first-order valence-corrected chi connectivity index (χ1v) is 14.9. The van der Waals surface area contributed by atoms with Crippen molar-refractivity contribution in [3.63, 3.8) is 0 Å². The summed E-state index contributed by atoms with van der Waals surface area (Å²) in [6, 6.07) is 19.8. The fourth-order valence-corrected chi connectivity index (χ4v) is 7.19. The number of nitrogens with zero attached hydrogens (tertiary/aromatic N) is 1. The number of benzene rings is 3. The zero-order valence-electron chi connectivity index (χ0n) is 22.3. The van der Waals surface area contributed by atoms with Crippen LogP contribution in [0.15, 0.2) is 71.2 Å². The monoisotopic (exact) mass is 634 g/mol. The van der Waals surface area contributed by atoms with Crippen molar-refractivity contribution in [1.82, 2.24) is 4.90 Å². The van der Waals surface area contributed by atoms with Crippen molar-refractivity contribution in [2.45, 2.75) is 44.1 Å². The number of carbonyl (C=O) groups is 4. The number of nitrogens with one attached hydrogen (secondary N) is 1. The maximum atomic E-state index is 14.1. The van der Waals surface area contributed by atoms with Crippen LogP contribution in [-0.4, -0.2) is 41.2 Å². The number of carbonyl (C=O) groups excluding carboxylic acids is 4. The number of halogens is 2. The highest BCUT2D eigenvalue weighted by Gasteiger charge is 2.63. The number of amides is 3. The van der Waals surface area contributed by atoms with E-state index in [0.29, 0.717) is 21.6 Å². The van der Waals surface area contributed by atoms with Crippen LogP contribution in [0.25, 0.3) is 0 Å².